The molecule has 160 valence electrons. The molecular weight excluding hydrogens is 406 g/mol. The first kappa shape index (κ1) is 18.9. The van der Waals surface area contributed by atoms with Crippen molar-refractivity contribution in [2.24, 2.45) is 5.92 Å². The molecule has 6 rings (SSSR count). The summed E-state index contributed by atoms with van der Waals surface area (Å²) in [5, 5.41) is 4.15. The van der Waals surface area contributed by atoms with Gasteiger partial charge in [0.05, 0.1) is 24.1 Å². The number of likely N-dealkylation sites (tertiary alicyclic amines) is 1. The van der Waals surface area contributed by atoms with Crippen molar-refractivity contribution >= 4 is 5.91 Å². The summed E-state index contributed by atoms with van der Waals surface area (Å²) in [6.07, 6.45) is 11.2. The Bertz CT molecular complexity index is 1250. The minimum atomic E-state index is -0.300. The summed E-state index contributed by atoms with van der Waals surface area (Å²) in [6, 6.07) is 9.57. The molecule has 0 radical (unpaired) electrons. The van der Waals surface area contributed by atoms with E-state index in [-0.39, 0.29) is 11.3 Å². The summed E-state index contributed by atoms with van der Waals surface area (Å²) in [4.78, 5) is 28.4. The lowest BCUT2D eigenvalue weighted by molar-refractivity contribution is 0.0775. The van der Waals surface area contributed by atoms with Crippen LogP contribution in [0.3, 0.4) is 0 Å². The van der Waals surface area contributed by atoms with Crippen LogP contribution in [0.15, 0.2) is 70.4 Å². The average Bonchev–Trinajstić information content (AvgIpc) is 3.62. The summed E-state index contributed by atoms with van der Waals surface area (Å²) in [5.74, 6) is 1.37. The fourth-order valence-corrected chi connectivity index (χ4v) is 5.18. The van der Waals surface area contributed by atoms with Gasteiger partial charge in [-0.3, -0.25) is 9.78 Å². The van der Waals surface area contributed by atoms with Crippen LogP contribution in [0.1, 0.15) is 35.5 Å². The number of benzene rings is 1. The highest BCUT2D eigenvalue weighted by Crippen LogP contribution is 2.50. The van der Waals surface area contributed by atoms with E-state index >= 15 is 0 Å². The predicted octanol–water partition coefficient (Wildman–Crippen LogP) is 3.98. The first-order chi connectivity index (χ1) is 15.7. The zero-order valence-corrected chi connectivity index (χ0v) is 17.3. The number of nitrogens with zero attached hydrogens (tertiary/aromatic N) is 5. The molecule has 2 fully saturated rings. The summed E-state index contributed by atoms with van der Waals surface area (Å²) in [5.41, 5.74) is 2.87. The van der Waals surface area contributed by atoms with Crippen molar-refractivity contribution in [3.05, 3.63) is 72.9 Å². The molecule has 0 bridgehead atoms. The van der Waals surface area contributed by atoms with Gasteiger partial charge in [0, 0.05) is 36.6 Å². The van der Waals surface area contributed by atoms with Gasteiger partial charge in [0.25, 0.3) is 5.91 Å². The number of furan rings is 1. The quantitative estimate of drug-likeness (QED) is 0.486. The minimum Gasteiger partial charge on any atom is -0.472 e. The van der Waals surface area contributed by atoms with Crippen LogP contribution in [0.5, 0.6) is 0 Å². The third-order valence-electron chi connectivity index (χ3n) is 6.77. The third-order valence-corrected chi connectivity index (χ3v) is 6.77. The number of rotatable bonds is 4. The van der Waals surface area contributed by atoms with E-state index in [1.807, 2.05) is 35.2 Å². The normalized spacial score (nSPS) is 22.2. The molecule has 32 heavy (non-hydrogen) atoms. The molecule has 1 aliphatic carbocycles. The molecule has 0 spiro atoms. The van der Waals surface area contributed by atoms with Crippen molar-refractivity contribution in [1.29, 1.82) is 0 Å². The zero-order valence-electron chi connectivity index (χ0n) is 17.3. The summed E-state index contributed by atoms with van der Waals surface area (Å²) in [7, 11) is 0. The zero-order chi connectivity index (χ0) is 21.5. The highest BCUT2D eigenvalue weighted by molar-refractivity contribution is 5.95. The molecule has 1 saturated heterocycles. The van der Waals surface area contributed by atoms with Gasteiger partial charge >= 0.3 is 0 Å². The second-order valence-electron chi connectivity index (χ2n) is 8.54. The predicted molar refractivity (Wildman–Crippen MR) is 114 cm³/mol. The Morgan fingerprint density at radius 1 is 1.19 bits per heavy atom. The van der Waals surface area contributed by atoms with Crippen LogP contribution in [-0.4, -0.2) is 44.0 Å². The van der Waals surface area contributed by atoms with Crippen molar-refractivity contribution in [3.8, 4) is 22.6 Å². The minimum absolute atomic E-state index is 0.0257. The van der Waals surface area contributed by atoms with Gasteiger partial charge in [-0.2, -0.15) is 4.98 Å². The molecule has 8 heteroatoms. The molecular formula is C24H21N5O3. The molecule has 4 aromatic rings. The van der Waals surface area contributed by atoms with E-state index in [0.29, 0.717) is 42.0 Å². The fraction of sp³-hybridized carbons (Fsp3) is 0.292. The number of hydrogen-bond donors (Lipinski definition) is 0. The van der Waals surface area contributed by atoms with Gasteiger partial charge in [-0.05, 0) is 42.5 Å². The van der Waals surface area contributed by atoms with Crippen molar-refractivity contribution in [3.63, 3.8) is 0 Å². The lowest BCUT2D eigenvalue weighted by Gasteiger charge is -2.24. The summed E-state index contributed by atoms with van der Waals surface area (Å²) >= 11 is 0. The third kappa shape index (κ3) is 3.02. The Morgan fingerprint density at radius 3 is 3.00 bits per heavy atom. The SMILES string of the molecule is O=C(c1cccc(-c2ccoc2)c1)N1C[C@H]2CCC[C@@]2(c2nc(-c3cnccn3)no2)C1. The molecule has 8 nitrogen and oxygen atoms in total. The van der Waals surface area contributed by atoms with Crippen LogP contribution < -0.4 is 0 Å². The molecule has 1 aromatic carbocycles. The molecule has 3 aromatic heterocycles. The van der Waals surface area contributed by atoms with E-state index in [9.17, 15) is 4.79 Å². The lowest BCUT2D eigenvalue weighted by Crippen LogP contribution is -2.34. The summed E-state index contributed by atoms with van der Waals surface area (Å²) < 4.78 is 10.9. The smallest absolute Gasteiger partial charge is 0.253 e. The molecule has 2 atom stereocenters. The van der Waals surface area contributed by atoms with Crippen LogP contribution in [0.25, 0.3) is 22.6 Å². The standard InChI is InChI=1S/C24H21N5O3/c30-22(17-4-1-3-16(11-17)18-6-10-31-14-18)29-13-19-5-2-7-24(19,15-29)23-27-21(28-32-23)20-12-25-8-9-26-20/h1,3-4,6,8-12,14,19H,2,5,7,13,15H2/t19-,24-/m1/s1. The van der Waals surface area contributed by atoms with Crippen LogP contribution in [-0.2, 0) is 5.41 Å². The maximum Gasteiger partial charge on any atom is 0.253 e. The van der Waals surface area contributed by atoms with Crippen molar-refractivity contribution in [2.45, 2.75) is 24.7 Å². The molecule has 1 saturated carbocycles. The van der Waals surface area contributed by atoms with Gasteiger partial charge in [0.2, 0.25) is 11.7 Å². The second kappa shape index (κ2) is 7.40. The second-order valence-corrected chi connectivity index (χ2v) is 8.54. The summed E-state index contributed by atoms with van der Waals surface area (Å²) in [6.45, 7) is 1.27. The Balaban J connectivity index is 1.28. The molecule has 4 heterocycles. The highest BCUT2D eigenvalue weighted by Gasteiger charge is 2.55. The number of carbonyl (C=O) groups excluding carboxylic acids is 1. The maximum atomic E-state index is 13.4. The molecule has 1 aliphatic heterocycles. The molecule has 1 amide bonds. The van der Waals surface area contributed by atoms with Gasteiger partial charge < -0.3 is 13.8 Å². The van der Waals surface area contributed by atoms with E-state index in [0.717, 1.165) is 30.4 Å². The number of amides is 1. The molecule has 2 aliphatic rings. The topological polar surface area (TPSA) is 98.2 Å². The molecule has 0 N–H and O–H groups in total. The number of hydrogen-bond acceptors (Lipinski definition) is 7. The van der Waals surface area contributed by atoms with Crippen LogP contribution in [0.4, 0.5) is 0 Å². The van der Waals surface area contributed by atoms with Gasteiger partial charge in [-0.15, -0.1) is 0 Å². The van der Waals surface area contributed by atoms with Crippen molar-refractivity contribution in [1.82, 2.24) is 25.0 Å². The maximum absolute atomic E-state index is 13.4. The first-order valence-corrected chi connectivity index (χ1v) is 10.8. The monoisotopic (exact) mass is 427 g/mol. The van der Waals surface area contributed by atoms with E-state index < -0.39 is 0 Å². The highest BCUT2D eigenvalue weighted by atomic mass is 16.5. The Labute approximate surface area is 184 Å². The van der Waals surface area contributed by atoms with Gasteiger partial charge in [0.1, 0.15) is 5.69 Å². The average molecular weight is 427 g/mol. The first-order valence-electron chi connectivity index (χ1n) is 10.8. The number of aromatic nitrogens is 4. The van der Waals surface area contributed by atoms with Crippen LogP contribution in [0, 0.1) is 5.92 Å². The van der Waals surface area contributed by atoms with Crippen molar-refractivity contribution < 1.29 is 13.7 Å². The van der Waals surface area contributed by atoms with Crippen molar-refractivity contribution in [2.75, 3.05) is 13.1 Å². The van der Waals surface area contributed by atoms with E-state index in [2.05, 4.69) is 20.1 Å². The number of fused-ring (bicyclic) bond motifs is 1. The van der Waals surface area contributed by atoms with E-state index in [1.165, 1.54) is 0 Å². The van der Waals surface area contributed by atoms with Crippen LogP contribution in [0.2, 0.25) is 0 Å². The van der Waals surface area contributed by atoms with Gasteiger partial charge in [-0.25, -0.2) is 4.98 Å². The van der Waals surface area contributed by atoms with E-state index in [4.69, 9.17) is 8.94 Å². The van der Waals surface area contributed by atoms with Gasteiger partial charge in [0.15, 0.2) is 0 Å². The lowest BCUT2D eigenvalue weighted by atomic mass is 9.80. The largest absolute Gasteiger partial charge is 0.472 e. The number of carbonyl (C=O) groups is 1. The molecule has 0 unspecified atom stereocenters. The Hall–Kier alpha value is -3.81. The van der Waals surface area contributed by atoms with E-state index in [1.54, 1.807) is 31.1 Å². The Kier molecular flexibility index (Phi) is 4.38. The van der Waals surface area contributed by atoms with Gasteiger partial charge in [-0.1, -0.05) is 23.7 Å². The van der Waals surface area contributed by atoms with Crippen LogP contribution >= 0.6 is 0 Å². The Morgan fingerprint density at radius 2 is 2.16 bits per heavy atom. The fourth-order valence-electron chi connectivity index (χ4n) is 5.18.